The van der Waals surface area contributed by atoms with Gasteiger partial charge in [-0.25, -0.2) is 5.84 Å². The lowest BCUT2D eigenvalue weighted by Crippen LogP contribution is -2.59. The van der Waals surface area contributed by atoms with Crippen LogP contribution in [0.4, 0.5) is 0 Å². The number of hydroxylamine groups is 1. The lowest BCUT2D eigenvalue weighted by Gasteiger charge is -2.42. The molecule has 26 heavy (non-hydrogen) atoms. The summed E-state index contributed by atoms with van der Waals surface area (Å²) in [6.45, 7) is 0. The van der Waals surface area contributed by atoms with Gasteiger partial charge in [0.05, 0.1) is 0 Å². The highest BCUT2D eigenvalue weighted by atomic mass is 17.3. The fourth-order valence-electron chi connectivity index (χ4n) is 3.16. The molecule has 3 aromatic carbocycles. The number of rotatable bonds is 3. The highest BCUT2D eigenvalue weighted by Crippen LogP contribution is 2.44. The summed E-state index contributed by atoms with van der Waals surface area (Å²) < 4.78 is 0. The highest BCUT2D eigenvalue weighted by molar-refractivity contribution is 5.92. The molecular formula is C21H19N3O2. The zero-order chi connectivity index (χ0) is 18.0. The summed E-state index contributed by atoms with van der Waals surface area (Å²) in [6.07, 6.45) is 0. The van der Waals surface area contributed by atoms with Gasteiger partial charge >= 0.3 is 0 Å². The van der Waals surface area contributed by atoms with Crippen LogP contribution in [0.1, 0.15) is 16.7 Å². The predicted octanol–water partition coefficient (Wildman–Crippen LogP) is 3.42. The van der Waals surface area contributed by atoms with Crippen LogP contribution in [-0.4, -0.2) is 5.17 Å². The average Bonchev–Trinajstić information content (AvgIpc) is 2.72. The lowest BCUT2D eigenvalue weighted by molar-refractivity contribution is -0.422. The van der Waals surface area contributed by atoms with Crippen molar-refractivity contribution in [2.24, 2.45) is 11.6 Å². The molecule has 3 aromatic rings. The smallest absolute Gasteiger partial charge is 0.182 e. The van der Waals surface area contributed by atoms with Crippen molar-refractivity contribution in [3.63, 3.8) is 0 Å². The van der Waals surface area contributed by atoms with E-state index in [0.717, 1.165) is 27.4 Å². The monoisotopic (exact) mass is 345 g/mol. The Labute approximate surface area is 151 Å². The maximum atomic E-state index is 6.87. The average molecular weight is 345 g/mol. The molecule has 0 amide bonds. The quantitative estimate of drug-likeness (QED) is 0.562. The van der Waals surface area contributed by atoms with Crippen molar-refractivity contribution < 1.29 is 9.88 Å². The van der Waals surface area contributed by atoms with Gasteiger partial charge in [0.1, 0.15) is 0 Å². The van der Waals surface area contributed by atoms with E-state index in [1.54, 1.807) is 0 Å². The SMILES string of the molecule is NN1OOC(c2ccccc2)=C(c2ccccc2)C1(N)c1ccccc1. The number of nitrogens with zero attached hydrogens (tertiary/aromatic N) is 1. The second-order valence-electron chi connectivity index (χ2n) is 6.05. The first-order chi connectivity index (χ1) is 12.7. The summed E-state index contributed by atoms with van der Waals surface area (Å²) in [6, 6.07) is 29.1. The first-order valence-corrected chi connectivity index (χ1v) is 8.31. The Balaban J connectivity index is 2.02. The maximum Gasteiger partial charge on any atom is 0.182 e. The normalized spacial score (nSPS) is 20.7. The Morgan fingerprint density at radius 2 is 1.19 bits per heavy atom. The van der Waals surface area contributed by atoms with E-state index in [1.807, 2.05) is 91.0 Å². The molecule has 0 saturated heterocycles. The van der Waals surface area contributed by atoms with Crippen LogP contribution in [-0.2, 0) is 15.5 Å². The van der Waals surface area contributed by atoms with Crippen molar-refractivity contribution in [1.82, 2.24) is 5.17 Å². The summed E-state index contributed by atoms with van der Waals surface area (Å²) in [5.41, 5.74) is 8.90. The standard InChI is InChI=1S/C21H19N3O2/c22-21(18-14-8-3-9-15-18)19(16-10-4-1-5-11-16)20(25-26-24(21)23)17-12-6-2-7-13-17/h1-15H,22-23H2. The summed E-state index contributed by atoms with van der Waals surface area (Å²) in [7, 11) is 0. The molecule has 5 nitrogen and oxygen atoms in total. The number of benzene rings is 3. The van der Waals surface area contributed by atoms with E-state index in [0.29, 0.717) is 5.76 Å². The second-order valence-corrected chi connectivity index (χ2v) is 6.05. The molecule has 4 rings (SSSR count). The van der Waals surface area contributed by atoms with Crippen molar-refractivity contribution in [3.05, 3.63) is 108 Å². The van der Waals surface area contributed by atoms with Crippen LogP contribution >= 0.6 is 0 Å². The van der Waals surface area contributed by atoms with E-state index in [1.165, 1.54) is 0 Å². The third kappa shape index (κ3) is 2.69. The Morgan fingerprint density at radius 3 is 1.77 bits per heavy atom. The topological polar surface area (TPSA) is 73.7 Å². The fourth-order valence-corrected chi connectivity index (χ4v) is 3.16. The Bertz CT molecular complexity index is 914. The minimum atomic E-state index is -1.23. The van der Waals surface area contributed by atoms with Crippen LogP contribution < -0.4 is 11.6 Å². The summed E-state index contributed by atoms with van der Waals surface area (Å²) in [5, 5.41) is 1.05. The van der Waals surface area contributed by atoms with Gasteiger partial charge in [-0.1, -0.05) is 101 Å². The van der Waals surface area contributed by atoms with Crippen LogP contribution in [0.5, 0.6) is 0 Å². The molecule has 1 atom stereocenters. The molecule has 0 saturated carbocycles. The van der Waals surface area contributed by atoms with Crippen LogP contribution in [0, 0.1) is 0 Å². The van der Waals surface area contributed by atoms with E-state index in [-0.39, 0.29) is 0 Å². The van der Waals surface area contributed by atoms with E-state index < -0.39 is 5.66 Å². The molecule has 1 aliphatic rings. The number of hydrazine groups is 1. The Kier molecular flexibility index (Phi) is 4.28. The number of nitrogens with two attached hydrogens (primary N) is 2. The molecule has 130 valence electrons. The lowest BCUT2D eigenvalue weighted by atomic mass is 9.85. The highest BCUT2D eigenvalue weighted by Gasteiger charge is 2.46. The zero-order valence-electron chi connectivity index (χ0n) is 14.1. The van der Waals surface area contributed by atoms with Gasteiger partial charge in [0.25, 0.3) is 0 Å². The fraction of sp³-hybridized carbons (Fsp3) is 0.0476. The van der Waals surface area contributed by atoms with Crippen LogP contribution in [0.25, 0.3) is 11.3 Å². The van der Waals surface area contributed by atoms with Crippen LogP contribution in [0.3, 0.4) is 0 Å². The first-order valence-electron chi connectivity index (χ1n) is 8.31. The molecule has 0 bridgehead atoms. The summed E-state index contributed by atoms with van der Waals surface area (Å²) >= 11 is 0. The number of hydrogen-bond acceptors (Lipinski definition) is 5. The van der Waals surface area contributed by atoms with Gasteiger partial charge < -0.3 is 10.6 Å². The van der Waals surface area contributed by atoms with Gasteiger partial charge in [-0.3, -0.25) is 0 Å². The predicted molar refractivity (Wildman–Crippen MR) is 100 cm³/mol. The van der Waals surface area contributed by atoms with E-state index in [2.05, 4.69) is 0 Å². The van der Waals surface area contributed by atoms with Crippen LogP contribution in [0.15, 0.2) is 91.0 Å². The number of hydrogen-bond donors (Lipinski definition) is 2. The molecule has 1 aliphatic heterocycles. The van der Waals surface area contributed by atoms with Gasteiger partial charge in [0.2, 0.25) is 0 Å². The van der Waals surface area contributed by atoms with E-state index >= 15 is 0 Å². The molecule has 0 aliphatic carbocycles. The second kappa shape index (κ2) is 6.74. The molecule has 0 radical (unpaired) electrons. The van der Waals surface area contributed by atoms with Gasteiger partial charge in [-0.15, -0.1) is 0 Å². The molecule has 1 heterocycles. The summed E-state index contributed by atoms with van der Waals surface area (Å²) in [5.74, 6) is 6.67. The van der Waals surface area contributed by atoms with Gasteiger partial charge in [-0.2, -0.15) is 0 Å². The maximum absolute atomic E-state index is 6.87. The van der Waals surface area contributed by atoms with Gasteiger partial charge in [0.15, 0.2) is 11.4 Å². The van der Waals surface area contributed by atoms with Crippen molar-refractivity contribution in [2.75, 3.05) is 0 Å². The molecular weight excluding hydrogens is 326 g/mol. The zero-order valence-corrected chi connectivity index (χ0v) is 14.1. The van der Waals surface area contributed by atoms with Gasteiger partial charge in [0, 0.05) is 11.1 Å². The third-order valence-electron chi connectivity index (χ3n) is 4.47. The van der Waals surface area contributed by atoms with E-state index in [4.69, 9.17) is 21.5 Å². The minimum absolute atomic E-state index is 0.532. The van der Waals surface area contributed by atoms with Crippen molar-refractivity contribution in [2.45, 2.75) is 5.66 Å². The van der Waals surface area contributed by atoms with Crippen molar-refractivity contribution in [3.8, 4) is 0 Å². The van der Waals surface area contributed by atoms with E-state index in [9.17, 15) is 0 Å². The Hall–Kier alpha value is -2.96. The van der Waals surface area contributed by atoms with Crippen molar-refractivity contribution in [1.29, 1.82) is 0 Å². The first kappa shape index (κ1) is 16.5. The van der Waals surface area contributed by atoms with Crippen molar-refractivity contribution >= 4 is 11.3 Å². The van der Waals surface area contributed by atoms with Crippen LogP contribution in [0.2, 0.25) is 0 Å². The van der Waals surface area contributed by atoms with Gasteiger partial charge in [-0.05, 0) is 11.1 Å². The minimum Gasteiger partial charge on any atom is -0.317 e. The molecule has 1 unspecified atom stereocenters. The largest absolute Gasteiger partial charge is 0.317 e. The molecule has 0 spiro atoms. The molecule has 0 aromatic heterocycles. The molecule has 4 N–H and O–H groups in total. The Morgan fingerprint density at radius 1 is 0.692 bits per heavy atom. The summed E-state index contributed by atoms with van der Waals surface area (Å²) in [4.78, 5) is 10.9. The molecule has 0 fully saturated rings. The molecule has 5 heteroatoms. The third-order valence-corrected chi connectivity index (χ3v) is 4.47.